The van der Waals surface area contributed by atoms with Crippen molar-refractivity contribution in [2.75, 3.05) is 13.1 Å². The lowest BCUT2D eigenvalue weighted by Gasteiger charge is -2.37. The lowest BCUT2D eigenvalue weighted by Crippen LogP contribution is -2.56. The zero-order valence-corrected chi connectivity index (χ0v) is 7.66. The number of fused-ring (bicyclic) bond motifs is 1. The molecule has 2 heterocycles. The van der Waals surface area contributed by atoms with Gasteiger partial charge >= 0.3 is 0 Å². The molecule has 1 aromatic heterocycles. The van der Waals surface area contributed by atoms with Crippen LogP contribution in [-0.2, 0) is 5.60 Å². The molecule has 0 radical (unpaired) electrons. The van der Waals surface area contributed by atoms with Gasteiger partial charge in [0.15, 0.2) is 0 Å². The van der Waals surface area contributed by atoms with E-state index >= 15 is 0 Å². The van der Waals surface area contributed by atoms with Crippen molar-refractivity contribution >= 4 is 11.0 Å². The van der Waals surface area contributed by atoms with Gasteiger partial charge in [-0.1, -0.05) is 18.2 Å². The summed E-state index contributed by atoms with van der Waals surface area (Å²) in [6, 6.07) is 7.77. The normalized spacial score (nSPS) is 19.5. The molecule has 1 aliphatic rings. The fraction of sp³-hybridized carbons (Fsp3) is 0.273. The van der Waals surface area contributed by atoms with Crippen LogP contribution in [0.15, 0.2) is 34.9 Å². The van der Waals surface area contributed by atoms with Crippen LogP contribution in [0.25, 0.3) is 11.0 Å². The molecular weight excluding hydrogens is 178 g/mol. The van der Waals surface area contributed by atoms with Crippen molar-refractivity contribution in [1.29, 1.82) is 0 Å². The quantitative estimate of drug-likeness (QED) is 0.709. The van der Waals surface area contributed by atoms with Crippen LogP contribution in [-0.4, -0.2) is 18.2 Å². The molecule has 1 fully saturated rings. The highest BCUT2D eigenvalue weighted by Crippen LogP contribution is 2.32. The van der Waals surface area contributed by atoms with Crippen LogP contribution >= 0.6 is 0 Å². The van der Waals surface area contributed by atoms with E-state index < -0.39 is 5.60 Å². The molecule has 0 saturated carbocycles. The van der Waals surface area contributed by atoms with Crippen molar-refractivity contribution in [2.45, 2.75) is 5.60 Å². The predicted molar refractivity (Wildman–Crippen MR) is 53.0 cm³/mol. The minimum Gasteiger partial charge on any atom is -0.464 e. The van der Waals surface area contributed by atoms with Crippen LogP contribution in [0.4, 0.5) is 0 Å². The highest BCUT2D eigenvalue weighted by Gasteiger charge is 2.38. The number of furan rings is 1. The van der Waals surface area contributed by atoms with E-state index in [0.29, 0.717) is 13.1 Å². The van der Waals surface area contributed by atoms with Crippen LogP contribution in [0, 0.1) is 0 Å². The largest absolute Gasteiger partial charge is 0.464 e. The van der Waals surface area contributed by atoms with E-state index in [2.05, 4.69) is 5.32 Å². The molecule has 0 aliphatic carbocycles. The second kappa shape index (κ2) is 2.59. The zero-order chi connectivity index (χ0) is 9.60. The van der Waals surface area contributed by atoms with Crippen LogP contribution in [0.5, 0.6) is 0 Å². The van der Waals surface area contributed by atoms with Gasteiger partial charge in [0.05, 0.1) is 6.26 Å². The molecule has 0 atom stereocenters. The SMILES string of the molecule is OC1(c2coc3ccccc23)CNC1. The summed E-state index contributed by atoms with van der Waals surface area (Å²) in [5, 5.41) is 14.2. The Bertz CT molecular complexity index is 471. The summed E-state index contributed by atoms with van der Waals surface area (Å²) in [5.74, 6) is 0. The number of nitrogens with one attached hydrogen (secondary N) is 1. The smallest absolute Gasteiger partial charge is 0.134 e. The van der Waals surface area contributed by atoms with E-state index in [1.54, 1.807) is 6.26 Å². The molecule has 1 aliphatic heterocycles. The number of aliphatic hydroxyl groups is 1. The van der Waals surface area contributed by atoms with Gasteiger partial charge < -0.3 is 14.8 Å². The molecule has 3 heteroatoms. The maximum absolute atomic E-state index is 10.1. The van der Waals surface area contributed by atoms with Gasteiger partial charge in [-0.05, 0) is 6.07 Å². The Hall–Kier alpha value is -1.32. The lowest BCUT2D eigenvalue weighted by molar-refractivity contribution is -0.0139. The number of hydrogen-bond donors (Lipinski definition) is 2. The van der Waals surface area contributed by atoms with Gasteiger partial charge in [0.1, 0.15) is 11.2 Å². The molecule has 3 nitrogen and oxygen atoms in total. The van der Waals surface area contributed by atoms with Gasteiger partial charge in [0, 0.05) is 24.0 Å². The van der Waals surface area contributed by atoms with Gasteiger partial charge in [0.25, 0.3) is 0 Å². The predicted octanol–water partition coefficient (Wildman–Crippen LogP) is 1.22. The molecule has 1 saturated heterocycles. The molecule has 72 valence electrons. The molecular formula is C11H11NO2. The Kier molecular flexibility index (Phi) is 1.48. The molecule has 0 bridgehead atoms. The fourth-order valence-electron chi connectivity index (χ4n) is 1.89. The number of hydrogen-bond acceptors (Lipinski definition) is 3. The first kappa shape index (κ1) is 8.03. The van der Waals surface area contributed by atoms with E-state index in [1.165, 1.54) is 0 Å². The van der Waals surface area contributed by atoms with Crippen LogP contribution < -0.4 is 5.32 Å². The number of rotatable bonds is 1. The van der Waals surface area contributed by atoms with Gasteiger partial charge in [-0.3, -0.25) is 0 Å². The Morgan fingerprint density at radius 1 is 1.29 bits per heavy atom. The molecule has 0 spiro atoms. The van der Waals surface area contributed by atoms with E-state index in [-0.39, 0.29) is 0 Å². The molecule has 14 heavy (non-hydrogen) atoms. The van der Waals surface area contributed by atoms with Crippen molar-refractivity contribution in [2.24, 2.45) is 0 Å². The van der Waals surface area contributed by atoms with Crippen molar-refractivity contribution in [3.05, 3.63) is 36.1 Å². The highest BCUT2D eigenvalue weighted by molar-refractivity contribution is 5.82. The maximum Gasteiger partial charge on any atom is 0.134 e. The minimum absolute atomic E-state index is 0.608. The van der Waals surface area contributed by atoms with Crippen molar-refractivity contribution in [3.63, 3.8) is 0 Å². The summed E-state index contributed by atoms with van der Waals surface area (Å²) in [5.41, 5.74) is 1.00. The average Bonchev–Trinajstić information content (AvgIpc) is 2.58. The number of benzene rings is 1. The van der Waals surface area contributed by atoms with E-state index in [4.69, 9.17) is 4.42 Å². The monoisotopic (exact) mass is 189 g/mol. The Morgan fingerprint density at radius 3 is 2.79 bits per heavy atom. The minimum atomic E-state index is -0.730. The summed E-state index contributed by atoms with van der Waals surface area (Å²) in [6.45, 7) is 1.22. The molecule has 2 N–H and O–H groups in total. The number of para-hydroxylation sites is 1. The van der Waals surface area contributed by atoms with E-state index in [0.717, 1.165) is 16.5 Å². The summed E-state index contributed by atoms with van der Waals surface area (Å²) in [6.07, 6.45) is 1.66. The first-order valence-corrected chi connectivity index (χ1v) is 4.69. The lowest BCUT2D eigenvalue weighted by atomic mass is 9.88. The second-order valence-electron chi connectivity index (χ2n) is 3.78. The van der Waals surface area contributed by atoms with Crippen LogP contribution in [0.2, 0.25) is 0 Å². The highest BCUT2D eigenvalue weighted by atomic mass is 16.3. The summed E-state index contributed by atoms with van der Waals surface area (Å²) < 4.78 is 5.38. The van der Waals surface area contributed by atoms with Gasteiger partial charge in [-0.25, -0.2) is 0 Å². The fourth-order valence-corrected chi connectivity index (χ4v) is 1.89. The molecule has 1 aromatic carbocycles. The molecule has 0 unspecified atom stereocenters. The van der Waals surface area contributed by atoms with E-state index in [1.807, 2.05) is 24.3 Å². The average molecular weight is 189 g/mol. The zero-order valence-electron chi connectivity index (χ0n) is 7.66. The maximum atomic E-state index is 10.1. The van der Waals surface area contributed by atoms with Crippen molar-refractivity contribution in [3.8, 4) is 0 Å². The third-order valence-electron chi connectivity index (χ3n) is 2.82. The van der Waals surface area contributed by atoms with Gasteiger partial charge in [0.2, 0.25) is 0 Å². The Balaban J connectivity index is 2.22. The van der Waals surface area contributed by atoms with Crippen molar-refractivity contribution < 1.29 is 9.52 Å². The van der Waals surface area contributed by atoms with Crippen LogP contribution in [0.1, 0.15) is 5.56 Å². The summed E-state index contributed by atoms with van der Waals surface area (Å²) >= 11 is 0. The van der Waals surface area contributed by atoms with Crippen LogP contribution in [0.3, 0.4) is 0 Å². The summed E-state index contributed by atoms with van der Waals surface area (Å²) in [4.78, 5) is 0. The Labute approximate surface area is 81.3 Å². The van der Waals surface area contributed by atoms with Crippen molar-refractivity contribution in [1.82, 2.24) is 5.32 Å². The third kappa shape index (κ3) is 0.937. The number of β-amino-alcohol motifs (C(OH)–C–C–N with tert-alkyl or cyclic N) is 1. The van der Waals surface area contributed by atoms with Gasteiger partial charge in [-0.15, -0.1) is 0 Å². The molecule has 2 aromatic rings. The standard InChI is InChI=1S/C11H11NO2/c13-11(6-12-7-11)9-5-14-10-4-2-1-3-8(9)10/h1-5,12-13H,6-7H2. The topological polar surface area (TPSA) is 45.4 Å². The molecule has 3 rings (SSSR count). The molecule has 0 amide bonds. The van der Waals surface area contributed by atoms with E-state index in [9.17, 15) is 5.11 Å². The first-order valence-electron chi connectivity index (χ1n) is 4.69. The third-order valence-corrected chi connectivity index (χ3v) is 2.82. The first-order chi connectivity index (χ1) is 6.80. The second-order valence-corrected chi connectivity index (χ2v) is 3.78. The summed E-state index contributed by atoms with van der Waals surface area (Å²) in [7, 11) is 0. The Morgan fingerprint density at radius 2 is 2.07 bits per heavy atom. The van der Waals surface area contributed by atoms with Gasteiger partial charge in [-0.2, -0.15) is 0 Å².